The number of rotatable bonds is 1. The molecule has 0 fully saturated rings. The number of nitrogens with two attached hydrogens (primary N) is 1. The number of hydrogen-bond donors (Lipinski definition) is 1. The predicted molar refractivity (Wildman–Crippen MR) is 60.9 cm³/mol. The zero-order valence-corrected chi connectivity index (χ0v) is 8.40. The van der Waals surface area contributed by atoms with Crippen LogP contribution in [0.15, 0.2) is 42.5 Å². The zero-order valence-electron chi connectivity index (χ0n) is 8.40. The van der Waals surface area contributed by atoms with Gasteiger partial charge in [-0.15, -0.1) is 0 Å². The maximum Gasteiger partial charge on any atom is 0.0335 e. The molecule has 1 aliphatic rings. The second-order valence-corrected chi connectivity index (χ2v) is 3.76. The van der Waals surface area contributed by atoms with Gasteiger partial charge in [0.1, 0.15) is 0 Å². The Bertz CT molecular complexity index is 371. The Morgan fingerprint density at radius 3 is 2.57 bits per heavy atom. The van der Waals surface area contributed by atoms with Crippen molar-refractivity contribution >= 4 is 5.57 Å². The molecule has 1 aliphatic carbocycles. The van der Waals surface area contributed by atoms with E-state index in [-0.39, 0.29) is 6.04 Å². The third-order valence-electron chi connectivity index (χ3n) is 2.59. The first-order valence-electron chi connectivity index (χ1n) is 4.97. The second kappa shape index (κ2) is 3.81. The Kier molecular flexibility index (Phi) is 2.51. The van der Waals surface area contributed by atoms with Crippen molar-refractivity contribution in [3.8, 4) is 0 Å². The minimum absolute atomic E-state index is 0.155. The van der Waals surface area contributed by atoms with E-state index in [0.29, 0.717) is 0 Å². The molecule has 1 aromatic rings. The van der Waals surface area contributed by atoms with Crippen LogP contribution in [0.2, 0.25) is 0 Å². The van der Waals surface area contributed by atoms with Crippen LogP contribution in [0.1, 0.15) is 17.5 Å². The Morgan fingerprint density at radius 2 is 1.93 bits per heavy atom. The molecule has 0 radical (unpaired) electrons. The van der Waals surface area contributed by atoms with Crippen LogP contribution in [-0.2, 0) is 0 Å². The van der Waals surface area contributed by atoms with E-state index in [9.17, 15) is 0 Å². The van der Waals surface area contributed by atoms with E-state index in [4.69, 9.17) is 5.73 Å². The van der Waals surface area contributed by atoms with Crippen molar-refractivity contribution in [1.82, 2.24) is 0 Å². The molecular formula is C13H15N. The Hall–Kier alpha value is -1.34. The summed E-state index contributed by atoms with van der Waals surface area (Å²) in [6.07, 6.45) is 7.25. The summed E-state index contributed by atoms with van der Waals surface area (Å²) in [6.45, 7) is 2.10. The average Bonchev–Trinajstić information content (AvgIpc) is 2.20. The summed E-state index contributed by atoms with van der Waals surface area (Å²) in [5, 5.41) is 0. The van der Waals surface area contributed by atoms with Crippen LogP contribution in [0.3, 0.4) is 0 Å². The molecule has 1 unspecified atom stereocenters. The van der Waals surface area contributed by atoms with E-state index >= 15 is 0 Å². The van der Waals surface area contributed by atoms with Crippen molar-refractivity contribution in [2.24, 2.45) is 5.73 Å². The van der Waals surface area contributed by atoms with E-state index in [2.05, 4.69) is 49.4 Å². The van der Waals surface area contributed by atoms with Gasteiger partial charge < -0.3 is 5.73 Å². The van der Waals surface area contributed by atoms with Crippen molar-refractivity contribution in [2.45, 2.75) is 19.4 Å². The van der Waals surface area contributed by atoms with Crippen LogP contribution in [-0.4, -0.2) is 6.04 Å². The summed E-state index contributed by atoms with van der Waals surface area (Å²) in [5.74, 6) is 0. The van der Waals surface area contributed by atoms with Crippen molar-refractivity contribution in [1.29, 1.82) is 0 Å². The van der Waals surface area contributed by atoms with Gasteiger partial charge in [-0.2, -0.15) is 0 Å². The van der Waals surface area contributed by atoms with E-state index in [1.165, 1.54) is 16.7 Å². The topological polar surface area (TPSA) is 26.0 Å². The highest BCUT2D eigenvalue weighted by atomic mass is 14.6. The van der Waals surface area contributed by atoms with Crippen molar-refractivity contribution < 1.29 is 0 Å². The summed E-state index contributed by atoms with van der Waals surface area (Å²) in [6, 6.07) is 8.69. The van der Waals surface area contributed by atoms with Gasteiger partial charge in [-0.1, -0.05) is 48.1 Å². The molecule has 0 saturated heterocycles. The molecule has 0 amide bonds. The fourth-order valence-electron chi connectivity index (χ4n) is 1.70. The van der Waals surface area contributed by atoms with Crippen LogP contribution in [0.4, 0.5) is 0 Å². The average molecular weight is 185 g/mol. The molecule has 0 saturated carbocycles. The lowest BCUT2D eigenvalue weighted by molar-refractivity contribution is 0.845. The maximum atomic E-state index is 6.03. The molecule has 1 heteroatoms. The summed E-state index contributed by atoms with van der Waals surface area (Å²) in [5.41, 5.74) is 9.80. The SMILES string of the molecule is Cc1ccc(C2=CC=CCC2N)cc1. The number of benzene rings is 1. The highest BCUT2D eigenvalue weighted by Gasteiger charge is 2.11. The van der Waals surface area contributed by atoms with Gasteiger partial charge >= 0.3 is 0 Å². The first kappa shape index (κ1) is 9.22. The standard InChI is InChI=1S/C13H15N/c1-10-6-8-11(9-7-10)12-4-2-3-5-13(12)14/h2-4,6-9,13H,5,14H2,1H3. The van der Waals surface area contributed by atoms with Gasteiger partial charge in [0.2, 0.25) is 0 Å². The normalized spacial score (nSPS) is 20.7. The van der Waals surface area contributed by atoms with Gasteiger partial charge in [0, 0.05) is 6.04 Å². The number of allylic oxidation sites excluding steroid dienone is 2. The predicted octanol–water partition coefficient (Wildman–Crippen LogP) is 2.67. The molecule has 1 atom stereocenters. The highest BCUT2D eigenvalue weighted by molar-refractivity contribution is 5.72. The maximum absolute atomic E-state index is 6.03. The fourth-order valence-corrected chi connectivity index (χ4v) is 1.70. The highest BCUT2D eigenvalue weighted by Crippen LogP contribution is 2.22. The van der Waals surface area contributed by atoms with Crippen molar-refractivity contribution in [3.63, 3.8) is 0 Å². The monoisotopic (exact) mass is 185 g/mol. The van der Waals surface area contributed by atoms with Crippen LogP contribution in [0.5, 0.6) is 0 Å². The lowest BCUT2D eigenvalue weighted by atomic mass is 9.93. The van der Waals surface area contributed by atoms with Crippen LogP contribution in [0, 0.1) is 6.92 Å². The van der Waals surface area contributed by atoms with Gasteiger partial charge in [-0.25, -0.2) is 0 Å². The molecule has 0 bridgehead atoms. The van der Waals surface area contributed by atoms with Crippen molar-refractivity contribution in [3.05, 3.63) is 53.6 Å². The molecule has 1 aromatic carbocycles. The Morgan fingerprint density at radius 1 is 1.21 bits per heavy atom. The Labute approximate surface area is 84.9 Å². The smallest absolute Gasteiger partial charge is 0.0335 e. The minimum atomic E-state index is 0.155. The van der Waals surface area contributed by atoms with Crippen LogP contribution < -0.4 is 5.73 Å². The number of aryl methyl sites for hydroxylation is 1. The molecule has 72 valence electrons. The van der Waals surface area contributed by atoms with Gasteiger partial charge in [0.05, 0.1) is 0 Å². The molecule has 2 rings (SSSR count). The fraction of sp³-hybridized carbons (Fsp3) is 0.231. The Balaban J connectivity index is 2.34. The third-order valence-corrected chi connectivity index (χ3v) is 2.59. The lowest BCUT2D eigenvalue weighted by Gasteiger charge is -2.17. The van der Waals surface area contributed by atoms with E-state index in [1.54, 1.807) is 0 Å². The van der Waals surface area contributed by atoms with Gasteiger partial charge in [0.15, 0.2) is 0 Å². The number of hydrogen-bond acceptors (Lipinski definition) is 1. The second-order valence-electron chi connectivity index (χ2n) is 3.76. The van der Waals surface area contributed by atoms with E-state index in [1.807, 2.05) is 0 Å². The first-order chi connectivity index (χ1) is 6.77. The van der Waals surface area contributed by atoms with Gasteiger partial charge in [0.25, 0.3) is 0 Å². The molecular weight excluding hydrogens is 170 g/mol. The molecule has 1 nitrogen and oxygen atoms in total. The van der Waals surface area contributed by atoms with Gasteiger partial charge in [-0.05, 0) is 24.5 Å². The lowest BCUT2D eigenvalue weighted by Crippen LogP contribution is -2.22. The van der Waals surface area contributed by atoms with Crippen LogP contribution in [0.25, 0.3) is 5.57 Å². The van der Waals surface area contributed by atoms with E-state index in [0.717, 1.165) is 6.42 Å². The minimum Gasteiger partial charge on any atom is -0.324 e. The van der Waals surface area contributed by atoms with Crippen LogP contribution >= 0.6 is 0 Å². The summed E-state index contributed by atoms with van der Waals surface area (Å²) in [7, 11) is 0. The van der Waals surface area contributed by atoms with E-state index < -0.39 is 0 Å². The quantitative estimate of drug-likeness (QED) is 0.715. The summed E-state index contributed by atoms with van der Waals surface area (Å²) in [4.78, 5) is 0. The third kappa shape index (κ3) is 1.78. The summed E-state index contributed by atoms with van der Waals surface area (Å²) >= 11 is 0. The molecule has 0 spiro atoms. The first-order valence-corrected chi connectivity index (χ1v) is 4.97. The largest absolute Gasteiger partial charge is 0.324 e. The molecule has 0 aromatic heterocycles. The molecule has 0 heterocycles. The molecule has 14 heavy (non-hydrogen) atoms. The molecule has 0 aliphatic heterocycles. The molecule has 2 N–H and O–H groups in total. The van der Waals surface area contributed by atoms with Gasteiger partial charge in [-0.3, -0.25) is 0 Å². The van der Waals surface area contributed by atoms with Crippen molar-refractivity contribution in [2.75, 3.05) is 0 Å². The zero-order chi connectivity index (χ0) is 9.97. The summed E-state index contributed by atoms with van der Waals surface area (Å²) < 4.78 is 0.